The largest absolute Gasteiger partial charge is 0.469 e. The van der Waals surface area contributed by atoms with Crippen LogP contribution in [0.5, 0.6) is 0 Å². The van der Waals surface area contributed by atoms with Gasteiger partial charge in [0.05, 0.1) is 48.9 Å². The number of rotatable bonds is 7. The van der Waals surface area contributed by atoms with Crippen molar-refractivity contribution in [2.75, 3.05) is 20.2 Å². The third-order valence-corrected chi connectivity index (χ3v) is 7.41. The maximum atomic E-state index is 12.0. The molecule has 6 rings (SSSR count). The highest BCUT2D eigenvalue weighted by Crippen LogP contribution is 2.31. The molecule has 2 aliphatic heterocycles. The lowest BCUT2D eigenvalue weighted by molar-refractivity contribution is -0.139. The molecular formula is C29H32N6O2. The molecule has 2 aromatic heterocycles. The Morgan fingerprint density at radius 3 is 2.03 bits per heavy atom. The fourth-order valence-electron chi connectivity index (χ4n) is 5.34. The van der Waals surface area contributed by atoms with Crippen LogP contribution < -0.4 is 10.6 Å². The quantitative estimate of drug-likeness (QED) is 0.276. The van der Waals surface area contributed by atoms with E-state index in [2.05, 4.69) is 74.1 Å². The molecular weight excluding hydrogens is 464 g/mol. The summed E-state index contributed by atoms with van der Waals surface area (Å²) in [5.74, 6) is 1.62. The van der Waals surface area contributed by atoms with Gasteiger partial charge in [0.2, 0.25) is 0 Å². The lowest BCUT2D eigenvalue weighted by Crippen LogP contribution is -2.14. The van der Waals surface area contributed by atoms with Gasteiger partial charge in [-0.05, 0) is 55.5 Å². The van der Waals surface area contributed by atoms with E-state index in [1.165, 1.54) is 13.5 Å². The molecule has 4 heterocycles. The van der Waals surface area contributed by atoms with Gasteiger partial charge in [-0.25, -0.2) is 9.97 Å². The van der Waals surface area contributed by atoms with E-state index in [-0.39, 0.29) is 18.4 Å². The molecule has 2 aromatic carbocycles. The first-order valence-corrected chi connectivity index (χ1v) is 13.1. The van der Waals surface area contributed by atoms with Gasteiger partial charge >= 0.3 is 5.97 Å². The van der Waals surface area contributed by atoms with E-state index in [1.807, 2.05) is 6.20 Å². The third kappa shape index (κ3) is 4.95. The molecule has 2 saturated heterocycles. The highest BCUT2D eigenvalue weighted by atomic mass is 16.5. The molecule has 8 nitrogen and oxygen atoms in total. The van der Waals surface area contributed by atoms with E-state index in [0.29, 0.717) is 6.04 Å². The Kier molecular flexibility index (Phi) is 6.59. The van der Waals surface area contributed by atoms with Gasteiger partial charge < -0.3 is 25.3 Å². The first-order chi connectivity index (χ1) is 18.2. The Hall–Kier alpha value is -3.75. The molecule has 0 saturated carbocycles. The van der Waals surface area contributed by atoms with Crippen molar-refractivity contribution >= 4 is 5.97 Å². The first kappa shape index (κ1) is 23.6. The maximum Gasteiger partial charge on any atom is 0.311 e. The number of imidazole rings is 2. The highest BCUT2D eigenvalue weighted by Gasteiger charge is 2.23. The Morgan fingerprint density at radius 1 is 0.838 bits per heavy atom. The average molecular weight is 497 g/mol. The zero-order valence-electron chi connectivity index (χ0n) is 21.0. The predicted octanol–water partition coefficient (Wildman–Crippen LogP) is 4.70. The van der Waals surface area contributed by atoms with Crippen LogP contribution in [0.25, 0.3) is 33.6 Å². The standard InChI is InChI=1S/C29H32N6O2/c1-37-26(36)16-24-27(35-29(33-24)23-5-3-15-31-23)21-12-8-19(9-13-21)18-6-10-20(11-7-18)25-17-32-28(34-25)22-4-2-14-30-22/h6-13,17,22-23,30-31H,2-5,14-16H2,1H3,(H,32,34)(H,33,35). The van der Waals surface area contributed by atoms with Crippen LogP contribution in [0.15, 0.2) is 54.7 Å². The van der Waals surface area contributed by atoms with Gasteiger partial charge in [0.15, 0.2) is 0 Å². The number of nitrogens with one attached hydrogen (secondary N) is 4. The average Bonchev–Trinajstić information content (AvgIpc) is 3.75. The van der Waals surface area contributed by atoms with Gasteiger partial charge in [0, 0.05) is 5.56 Å². The van der Waals surface area contributed by atoms with Gasteiger partial charge in [-0.3, -0.25) is 4.79 Å². The number of hydrogen-bond donors (Lipinski definition) is 4. The summed E-state index contributed by atoms with van der Waals surface area (Å²) in [5.41, 5.74) is 7.00. The number of H-pyrrole nitrogens is 2. The number of esters is 1. The van der Waals surface area contributed by atoms with Gasteiger partial charge in [-0.15, -0.1) is 0 Å². The summed E-state index contributed by atoms with van der Waals surface area (Å²) >= 11 is 0. The van der Waals surface area contributed by atoms with Crippen LogP contribution in [-0.4, -0.2) is 46.1 Å². The number of benzene rings is 2. The van der Waals surface area contributed by atoms with Gasteiger partial charge in [0.1, 0.15) is 11.6 Å². The minimum Gasteiger partial charge on any atom is -0.469 e. The SMILES string of the molecule is COC(=O)Cc1[nH]c(C2CCCN2)nc1-c1ccc(-c2ccc(-c3cnc(C4CCCN4)[nH]3)cc2)cc1. The fourth-order valence-corrected chi connectivity index (χ4v) is 5.34. The van der Waals surface area contributed by atoms with Crippen molar-refractivity contribution < 1.29 is 9.53 Å². The summed E-state index contributed by atoms with van der Waals surface area (Å²) in [4.78, 5) is 28.4. The summed E-state index contributed by atoms with van der Waals surface area (Å²) in [6.07, 6.45) is 6.57. The number of ether oxygens (including phenoxy) is 1. The molecule has 0 spiro atoms. The fraction of sp³-hybridized carbons (Fsp3) is 0.345. The molecule has 37 heavy (non-hydrogen) atoms. The minimum absolute atomic E-state index is 0.168. The summed E-state index contributed by atoms with van der Waals surface area (Å²) in [6.45, 7) is 2.04. The summed E-state index contributed by atoms with van der Waals surface area (Å²) in [6, 6.07) is 17.4. The molecule has 2 fully saturated rings. The Balaban J connectivity index is 1.21. The number of carbonyl (C=O) groups excluding carboxylic acids is 1. The van der Waals surface area contributed by atoms with Crippen LogP contribution in [0.4, 0.5) is 0 Å². The lowest BCUT2D eigenvalue weighted by atomic mass is 10.0. The Labute approximate surface area is 216 Å². The van der Waals surface area contributed by atoms with E-state index in [9.17, 15) is 4.79 Å². The summed E-state index contributed by atoms with van der Waals surface area (Å²) < 4.78 is 4.91. The topological polar surface area (TPSA) is 108 Å². The van der Waals surface area contributed by atoms with E-state index in [0.717, 1.165) is 83.3 Å². The van der Waals surface area contributed by atoms with Crippen molar-refractivity contribution in [3.8, 4) is 33.6 Å². The van der Waals surface area contributed by atoms with Gasteiger partial charge in [0.25, 0.3) is 0 Å². The summed E-state index contributed by atoms with van der Waals surface area (Å²) in [5, 5.41) is 6.96. The Bertz CT molecular complexity index is 1360. The van der Waals surface area contributed by atoms with Crippen molar-refractivity contribution in [2.24, 2.45) is 0 Å². The predicted molar refractivity (Wildman–Crippen MR) is 143 cm³/mol. The van der Waals surface area contributed by atoms with Crippen molar-refractivity contribution in [2.45, 2.75) is 44.2 Å². The van der Waals surface area contributed by atoms with E-state index in [1.54, 1.807) is 0 Å². The van der Waals surface area contributed by atoms with Gasteiger partial charge in [-0.1, -0.05) is 48.5 Å². The second-order valence-electron chi connectivity index (χ2n) is 9.84. The van der Waals surface area contributed by atoms with Crippen LogP contribution in [0.1, 0.15) is 55.1 Å². The molecule has 2 atom stereocenters. The maximum absolute atomic E-state index is 12.0. The molecule has 0 aliphatic carbocycles. The van der Waals surface area contributed by atoms with E-state index < -0.39 is 0 Å². The van der Waals surface area contributed by atoms with Crippen LogP contribution in [0.2, 0.25) is 0 Å². The molecule has 0 bridgehead atoms. The normalized spacial score (nSPS) is 19.4. The zero-order valence-corrected chi connectivity index (χ0v) is 21.0. The van der Waals surface area contributed by atoms with Crippen LogP contribution in [-0.2, 0) is 16.0 Å². The van der Waals surface area contributed by atoms with Crippen molar-refractivity contribution in [3.05, 3.63) is 72.1 Å². The van der Waals surface area contributed by atoms with Gasteiger partial charge in [-0.2, -0.15) is 0 Å². The molecule has 4 N–H and O–H groups in total. The number of carbonyl (C=O) groups is 1. The smallest absolute Gasteiger partial charge is 0.311 e. The molecule has 4 aromatic rings. The molecule has 0 radical (unpaired) electrons. The highest BCUT2D eigenvalue weighted by molar-refractivity contribution is 5.77. The van der Waals surface area contributed by atoms with E-state index in [4.69, 9.17) is 9.72 Å². The van der Waals surface area contributed by atoms with Crippen molar-refractivity contribution in [1.29, 1.82) is 0 Å². The van der Waals surface area contributed by atoms with Crippen LogP contribution in [0.3, 0.4) is 0 Å². The lowest BCUT2D eigenvalue weighted by Gasteiger charge is -2.07. The second-order valence-corrected chi connectivity index (χ2v) is 9.84. The number of aromatic amines is 2. The van der Waals surface area contributed by atoms with Crippen LogP contribution in [0, 0.1) is 0 Å². The molecule has 190 valence electrons. The zero-order chi connectivity index (χ0) is 25.2. The number of aromatic nitrogens is 4. The molecule has 2 aliphatic rings. The number of hydrogen-bond acceptors (Lipinski definition) is 6. The second kappa shape index (κ2) is 10.3. The monoisotopic (exact) mass is 496 g/mol. The number of methoxy groups -OCH3 is 1. The molecule has 2 unspecified atom stereocenters. The van der Waals surface area contributed by atoms with Crippen molar-refractivity contribution in [3.63, 3.8) is 0 Å². The molecule has 0 amide bonds. The first-order valence-electron chi connectivity index (χ1n) is 13.1. The minimum atomic E-state index is -0.281. The number of nitrogens with zero attached hydrogens (tertiary/aromatic N) is 2. The van der Waals surface area contributed by atoms with Crippen molar-refractivity contribution in [1.82, 2.24) is 30.6 Å². The van der Waals surface area contributed by atoms with E-state index >= 15 is 0 Å². The third-order valence-electron chi connectivity index (χ3n) is 7.41. The van der Waals surface area contributed by atoms with Crippen LogP contribution >= 0.6 is 0 Å². The summed E-state index contributed by atoms with van der Waals surface area (Å²) in [7, 11) is 1.41. The Morgan fingerprint density at radius 2 is 1.43 bits per heavy atom. The molecule has 8 heteroatoms.